The third-order valence-electron chi connectivity index (χ3n) is 4.41. The van der Waals surface area contributed by atoms with Crippen molar-refractivity contribution in [1.29, 1.82) is 0 Å². The molecule has 3 rings (SSSR count). The number of nitrogens with zero attached hydrogens (tertiary/aromatic N) is 3. The lowest BCUT2D eigenvalue weighted by molar-refractivity contribution is 0.187. The quantitative estimate of drug-likeness (QED) is 0.847. The molecule has 0 bridgehead atoms. The highest BCUT2D eigenvalue weighted by molar-refractivity contribution is 5.58. The molecule has 0 unspecified atom stereocenters. The Morgan fingerprint density at radius 1 is 1.10 bits per heavy atom. The lowest BCUT2D eigenvalue weighted by Crippen LogP contribution is -2.29. The molecule has 1 fully saturated rings. The number of rotatable bonds is 3. The first-order valence-electron chi connectivity index (χ1n) is 7.70. The van der Waals surface area contributed by atoms with Crippen molar-refractivity contribution in [3.8, 4) is 0 Å². The van der Waals surface area contributed by atoms with Crippen LogP contribution in [0.15, 0.2) is 48.7 Å². The zero-order chi connectivity index (χ0) is 14.7. The Bertz CT molecular complexity index is 565. The Hall–Kier alpha value is -1.87. The first-order chi connectivity index (χ1) is 10.3. The number of benzene rings is 1. The van der Waals surface area contributed by atoms with Crippen molar-refractivity contribution < 1.29 is 0 Å². The van der Waals surface area contributed by atoms with E-state index in [2.05, 4.69) is 65.3 Å². The van der Waals surface area contributed by atoms with E-state index in [4.69, 9.17) is 0 Å². The minimum atomic E-state index is 0.530. The highest BCUT2D eigenvalue weighted by Gasteiger charge is 2.20. The summed E-state index contributed by atoms with van der Waals surface area (Å²) in [6.45, 7) is 1.19. The SMILES string of the molecule is CN(c1ccccc1)c1ccc([C@@H]2CCCCN2C)cn1. The van der Waals surface area contributed by atoms with Gasteiger partial charge in [0.2, 0.25) is 0 Å². The molecule has 0 amide bonds. The summed E-state index contributed by atoms with van der Waals surface area (Å²) < 4.78 is 0. The second-order valence-corrected chi connectivity index (χ2v) is 5.84. The van der Waals surface area contributed by atoms with Gasteiger partial charge in [0.15, 0.2) is 0 Å². The third-order valence-corrected chi connectivity index (χ3v) is 4.41. The fourth-order valence-corrected chi connectivity index (χ4v) is 3.07. The summed E-state index contributed by atoms with van der Waals surface area (Å²) in [6, 6.07) is 15.2. The topological polar surface area (TPSA) is 19.4 Å². The monoisotopic (exact) mass is 281 g/mol. The molecule has 1 aromatic heterocycles. The van der Waals surface area contributed by atoms with Gasteiger partial charge in [-0.05, 0) is 50.2 Å². The van der Waals surface area contributed by atoms with Crippen molar-refractivity contribution in [2.75, 3.05) is 25.5 Å². The molecule has 0 saturated carbocycles. The maximum Gasteiger partial charge on any atom is 0.132 e. The molecule has 0 N–H and O–H groups in total. The van der Waals surface area contributed by atoms with Crippen LogP contribution in [0, 0.1) is 0 Å². The predicted octanol–water partition coefficient (Wildman–Crippen LogP) is 4.01. The summed E-state index contributed by atoms with van der Waals surface area (Å²) in [5.74, 6) is 0.989. The number of hydrogen-bond acceptors (Lipinski definition) is 3. The van der Waals surface area contributed by atoms with E-state index in [0.717, 1.165) is 11.5 Å². The average Bonchev–Trinajstić information content (AvgIpc) is 2.56. The van der Waals surface area contributed by atoms with Crippen LogP contribution in [-0.2, 0) is 0 Å². The minimum absolute atomic E-state index is 0.530. The van der Waals surface area contributed by atoms with Gasteiger partial charge in [0.25, 0.3) is 0 Å². The van der Waals surface area contributed by atoms with Gasteiger partial charge in [-0.15, -0.1) is 0 Å². The molecule has 1 saturated heterocycles. The molecule has 110 valence electrons. The summed E-state index contributed by atoms with van der Waals surface area (Å²) in [7, 11) is 4.28. The summed E-state index contributed by atoms with van der Waals surface area (Å²) in [4.78, 5) is 9.23. The standard InChI is InChI=1S/C18H23N3/c1-20-13-7-6-10-17(20)15-11-12-18(19-14-15)21(2)16-8-4-3-5-9-16/h3-5,8-9,11-12,14,17H,6-7,10,13H2,1-2H3/t17-/m0/s1. The highest BCUT2D eigenvalue weighted by atomic mass is 15.2. The van der Waals surface area contributed by atoms with Crippen LogP contribution >= 0.6 is 0 Å². The largest absolute Gasteiger partial charge is 0.329 e. The van der Waals surface area contributed by atoms with Crippen LogP contribution in [0.3, 0.4) is 0 Å². The molecule has 1 aliphatic rings. The Morgan fingerprint density at radius 2 is 1.90 bits per heavy atom. The fraction of sp³-hybridized carbons (Fsp3) is 0.389. The molecule has 0 spiro atoms. The smallest absolute Gasteiger partial charge is 0.132 e. The summed E-state index contributed by atoms with van der Waals surface area (Å²) in [5.41, 5.74) is 2.50. The van der Waals surface area contributed by atoms with Crippen LogP contribution in [0.2, 0.25) is 0 Å². The van der Waals surface area contributed by atoms with Gasteiger partial charge < -0.3 is 4.90 Å². The Balaban J connectivity index is 1.77. The molecule has 0 radical (unpaired) electrons. The molecule has 3 heteroatoms. The number of aromatic nitrogens is 1. The predicted molar refractivity (Wildman–Crippen MR) is 88.0 cm³/mol. The molecule has 0 aliphatic carbocycles. The molecule has 1 atom stereocenters. The van der Waals surface area contributed by atoms with E-state index in [0.29, 0.717) is 6.04 Å². The van der Waals surface area contributed by atoms with E-state index in [9.17, 15) is 0 Å². The Kier molecular flexibility index (Phi) is 4.20. The first kappa shape index (κ1) is 14.1. The molecule has 2 heterocycles. The lowest BCUT2D eigenvalue weighted by Gasteiger charge is -2.32. The zero-order valence-electron chi connectivity index (χ0n) is 12.9. The number of likely N-dealkylation sites (tertiary alicyclic amines) is 1. The maximum absolute atomic E-state index is 4.66. The summed E-state index contributed by atoms with van der Waals surface area (Å²) in [5, 5.41) is 0. The second-order valence-electron chi connectivity index (χ2n) is 5.84. The molecule has 21 heavy (non-hydrogen) atoms. The number of piperidine rings is 1. The molecule has 1 aromatic carbocycles. The number of hydrogen-bond donors (Lipinski definition) is 0. The van der Waals surface area contributed by atoms with Gasteiger partial charge in [-0.3, -0.25) is 4.90 Å². The number of pyridine rings is 1. The number of para-hydroxylation sites is 1. The lowest BCUT2D eigenvalue weighted by atomic mass is 9.97. The maximum atomic E-state index is 4.66. The minimum Gasteiger partial charge on any atom is -0.329 e. The molecule has 2 aromatic rings. The van der Waals surface area contributed by atoms with E-state index < -0.39 is 0 Å². The van der Waals surface area contributed by atoms with Crippen molar-refractivity contribution in [2.45, 2.75) is 25.3 Å². The van der Waals surface area contributed by atoms with Gasteiger partial charge in [-0.2, -0.15) is 0 Å². The molecular formula is C18H23N3. The molecular weight excluding hydrogens is 258 g/mol. The van der Waals surface area contributed by atoms with E-state index >= 15 is 0 Å². The van der Waals surface area contributed by atoms with Crippen LogP contribution in [0.1, 0.15) is 30.9 Å². The first-order valence-corrected chi connectivity index (χ1v) is 7.70. The van der Waals surface area contributed by atoms with E-state index in [1.165, 1.54) is 31.4 Å². The normalized spacial score (nSPS) is 19.4. The van der Waals surface area contributed by atoms with Gasteiger partial charge >= 0.3 is 0 Å². The Morgan fingerprint density at radius 3 is 2.57 bits per heavy atom. The summed E-state index contributed by atoms with van der Waals surface area (Å²) in [6.07, 6.45) is 5.92. The van der Waals surface area contributed by atoms with Crippen LogP contribution in [-0.4, -0.2) is 30.5 Å². The van der Waals surface area contributed by atoms with Gasteiger partial charge in [0.1, 0.15) is 5.82 Å². The van der Waals surface area contributed by atoms with Gasteiger partial charge in [-0.1, -0.05) is 30.7 Å². The van der Waals surface area contributed by atoms with E-state index in [1.54, 1.807) is 0 Å². The second kappa shape index (κ2) is 6.27. The fourth-order valence-electron chi connectivity index (χ4n) is 3.07. The molecule has 1 aliphatic heterocycles. The van der Waals surface area contributed by atoms with E-state index in [-0.39, 0.29) is 0 Å². The Labute approximate surface area is 127 Å². The average molecular weight is 281 g/mol. The van der Waals surface area contributed by atoms with Gasteiger partial charge in [0, 0.05) is 25.0 Å². The van der Waals surface area contributed by atoms with Crippen molar-refractivity contribution >= 4 is 11.5 Å². The highest BCUT2D eigenvalue weighted by Crippen LogP contribution is 2.30. The van der Waals surface area contributed by atoms with Crippen molar-refractivity contribution in [3.63, 3.8) is 0 Å². The van der Waals surface area contributed by atoms with Crippen LogP contribution < -0.4 is 4.90 Å². The van der Waals surface area contributed by atoms with Crippen molar-refractivity contribution in [2.24, 2.45) is 0 Å². The molecule has 3 nitrogen and oxygen atoms in total. The third kappa shape index (κ3) is 3.08. The van der Waals surface area contributed by atoms with Crippen molar-refractivity contribution in [1.82, 2.24) is 9.88 Å². The van der Waals surface area contributed by atoms with Gasteiger partial charge in [0.05, 0.1) is 0 Å². The van der Waals surface area contributed by atoms with Crippen LogP contribution in [0.4, 0.5) is 11.5 Å². The van der Waals surface area contributed by atoms with Gasteiger partial charge in [-0.25, -0.2) is 4.98 Å². The number of anilines is 2. The van der Waals surface area contributed by atoms with Crippen LogP contribution in [0.25, 0.3) is 0 Å². The summed E-state index contributed by atoms with van der Waals surface area (Å²) >= 11 is 0. The van der Waals surface area contributed by atoms with Crippen molar-refractivity contribution in [3.05, 3.63) is 54.2 Å². The zero-order valence-corrected chi connectivity index (χ0v) is 12.9. The van der Waals surface area contributed by atoms with E-state index in [1.807, 2.05) is 12.3 Å². The van der Waals surface area contributed by atoms with Crippen LogP contribution in [0.5, 0.6) is 0 Å².